The fourth-order valence-electron chi connectivity index (χ4n) is 2.11. The lowest BCUT2D eigenvalue weighted by atomic mass is 10.0. The molecule has 0 fully saturated rings. The van der Waals surface area contributed by atoms with E-state index >= 15 is 0 Å². The van der Waals surface area contributed by atoms with Crippen LogP contribution in [0.2, 0.25) is 0 Å². The number of carbonyl (C=O) groups excluding carboxylic acids is 1. The van der Waals surface area contributed by atoms with Crippen molar-refractivity contribution in [3.63, 3.8) is 0 Å². The van der Waals surface area contributed by atoms with Crippen LogP contribution in [-0.2, 0) is 24.2 Å². The minimum atomic E-state index is -0.463. The van der Waals surface area contributed by atoms with Gasteiger partial charge in [0.25, 0.3) is 0 Å². The minimum Gasteiger partial charge on any atom is -0.351 e. The Morgan fingerprint density at radius 1 is 0.952 bits per heavy atom. The Balaban J connectivity index is 1.83. The van der Waals surface area contributed by atoms with Crippen molar-refractivity contribution < 1.29 is 4.79 Å². The molecule has 0 heterocycles. The molecule has 0 aliphatic heterocycles. The summed E-state index contributed by atoms with van der Waals surface area (Å²) >= 11 is 0. The van der Waals surface area contributed by atoms with E-state index < -0.39 is 6.04 Å². The molecule has 0 saturated heterocycles. The van der Waals surface area contributed by atoms with E-state index in [-0.39, 0.29) is 5.91 Å². The Morgan fingerprint density at radius 3 is 2.05 bits per heavy atom. The van der Waals surface area contributed by atoms with E-state index in [1.165, 1.54) is 11.1 Å². The summed E-state index contributed by atoms with van der Waals surface area (Å²) in [5.41, 5.74) is 9.26. The van der Waals surface area contributed by atoms with Crippen LogP contribution in [-0.4, -0.2) is 11.9 Å². The molecule has 0 radical (unpaired) electrons. The molecule has 2 rings (SSSR count). The average Bonchev–Trinajstić information content (AvgIpc) is 2.52. The van der Waals surface area contributed by atoms with E-state index in [1.54, 1.807) is 6.92 Å². The van der Waals surface area contributed by atoms with E-state index in [9.17, 15) is 4.79 Å². The smallest absolute Gasteiger partial charge is 0.236 e. The summed E-state index contributed by atoms with van der Waals surface area (Å²) in [7, 11) is 0. The highest BCUT2D eigenvalue weighted by Crippen LogP contribution is 2.09. The first-order valence-corrected chi connectivity index (χ1v) is 7.30. The van der Waals surface area contributed by atoms with Gasteiger partial charge in [0.15, 0.2) is 0 Å². The fraction of sp³-hybridized carbons (Fsp3) is 0.278. The molecule has 0 saturated carbocycles. The van der Waals surface area contributed by atoms with Crippen molar-refractivity contribution in [2.75, 3.05) is 0 Å². The Morgan fingerprint density at radius 2 is 1.48 bits per heavy atom. The van der Waals surface area contributed by atoms with Crippen molar-refractivity contribution >= 4 is 5.91 Å². The van der Waals surface area contributed by atoms with E-state index in [2.05, 4.69) is 53.8 Å². The predicted octanol–water partition coefficient (Wildman–Crippen LogP) is 2.44. The SMILES string of the molecule is CC(N)C(=O)NCc1ccc(CCc2ccccc2)cc1. The Kier molecular flexibility index (Phi) is 5.52. The molecule has 0 spiro atoms. The summed E-state index contributed by atoms with van der Waals surface area (Å²) in [6.45, 7) is 2.21. The maximum atomic E-state index is 11.4. The highest BCUT2D eigenvalue weighted by molar-refractivity contribution is 5.80. The van der Waals surface area contributed by atoms with Crippen LogP contribution in [0, 0.1) is 0 Å². The third-order valence-corrected chi connectivity index (χ3v) is 3.45. The minimum absolute atomic E-state index is 0.122. The zero-order valence-electron chi connectivity index (χ0n) is 12.4. The van der Waals surface area contributed by atoms with Crippen LogP contribution in [0.25, 0.3) is 0 Å². The molecule has 3 N–H and O–H groups in total. The Hall–Kier alpha value is -2.13. The monoisotopic (exact) mass is 282 g/mol. The summed E-state index contributed by atoms with van der Waals surface area (Å²) in [4.78, 5) is 11.4. The molecule has 0 aromatic heterocycles. The number of hydrogen-bond acceptors (Lipinski definition) is 2. The van der Waals surface area contributed by atoms with Crippen LogP contribution >= 0.6 is 0 Å². The maximum absolute atomic E-state index is 11.4. The van der Waals surface area contributed by atoms with E-state index in [0.29, 0.717) is 6.54 Å². The number of nitrogens with two attached hydrogens (primary N) is 1. The van der Waals surface area contributed by atoms with Gasteiger partial charge in [-0.3, -0.25) is 4.79 Å². The van der Waals surface area contributed by atoms with Crippen LogP contribution in [0.4, 0.5) is 0 Å². The largest absolute Gasteiger partial charge is 0.351 e. The van der Waals surface area contributed by atoms with E-state index in [0.717, 1.165) is 18.4 Å². The number of hydrogen-bond donors (Lipinski definition) is 2. The number of nitrogens with one attached hydrogen (secondary N) is 1. The third kappa shape index (κ3) is 5.04. The molecule has 0 aliphatic rings. The number of rotatable bonds is 6. The third-order valence-electron chi connectivity index (χ3n) is 3.45. The molecular weight excluding hydrogens is 260 g/mol. The van der Waals surface area contributed by atoms with Crippen molar-refractivity contribution in [3.8, 4) is 0 Å². The number of carbonyl (C=O) groups is 1. The second-order valence-corrected chi connectivity index (χ2v) is 5.31. The summed E-state index contributed by atoms with van der Waals surface area (Å²) in [6, 6.07) is 18.4. The Labute approximate surface area is 126 Å². The molecule has 0 aliphatic carbocycles. The molecule has 21 heavy (non-hydrogen) atoms. The first-order chi connectivity index (χ1) is 10.1. The first kappa shape index (κ1) is 15.3. The number of benzene rings is 2. The van der Waals surface area contributed by atoms with Gasteiger partial charge in [0.1, 0.15) is 0 Å². The maximum Gasteiger partial charge on any atom is 0.236 e. The highest BCUT2D eigenvalue weighted by Gasteiger charge is 2.06. The van der Waals surface area contributed by atoms with Crippen molar-refractivity contribution in [1.29, 1.82) is 0 Å². The van der Waals surface area contributed by atoms with Gasteiger partial charge in [0.05, 0.1) is 6.04 Å². The number of amides is 1. The molecule has 110 valence electrons. The van der Waals surface area contributed by atoms with Gasteiger partial charge >= 0.3 is 0 Å². The van der Waals surface area contributed by atoms with Crippen LogP contribution in [0.5, 0.6) is 0 Å². The standard InChI is InChI=1S/C18H22N2O/c1-14(19)18(21)20-13-17-11-9-16(10-12-17)8-7-15-5-3-2-4-6-15/h2-6,9-12,14H,7-8,13,19H2,1H3,(H,20,21). The lowest BCUT2D eigenvalue weighted by molar-refractivity contribution is -0.122. The van der Waals surface area contributed by atoms with Gasteiger partial charge in [-0.05, 0) is 36.5 Å². The average molecular weight is 282 g/mol. The molecule has 1 amide bonds. The second kappa shape index (κ2) is 7.60. The lowest BCUT2D eigenvalue weighted by Gasteiger charge is -2.08. The van der Waals surface area contributed by atoms with Crippen LogP contribution < -0.4 is 11.1 Å². The van der Waals surface area contributed by atoms with E-state index in [1.807, 2.05) is 6.07 Å². The van der Waals surface area contributed by atoms with Gasteiger partial charge in [0.2, 0.25) is 5.91 Å². The summed E-state index contributed by atoms with van der Waals surface area (Å²) in [5.74, 6) is -0.122. The van der Waals surface area contributed by atoms with Crippen molar-refractivity contribution in [1.82, 2.24) is 5.32 Å². The molecule has 2 aromatic rings. The predicted molar refractivity (Wildman–Crippen MR) is 85.8 cm³/mol. The molecule has 3 heteroatoms. The van der Waals surface area contributed by atoms with Gasteiger partial charge in [-0.15, -0.1) is 0 Å². The van der Waals surface area contributed by atoms with Crippen LogP contribution in [0.3, 0.4) is 0 Å². The first-order valence-electron chi connectivity index (χ1n) is 7.30. The van der Waals surface area contributed by atoms with Gasteiger partial charge in [-0.2, -0.15) is 0 Å². The molecular formula is C18H22N2O. The Bertz CT molecular complexity index is 562. The van der Waals surface area contributed by atoms with Crippen molar-refractivity contribution in [2.45, 2.75) is 32.4 Å². The summed E-state index contributed by atoms with van der Waals surface area (Å²) in [5, 5.41) is 2.81. The highest BCUT2D eigenvalue weighted by atomic mass is 16.2. The van der Waals surface area contributed by atoms with Crippen molar-refractivity contribution in [3.05, 3.63) is 71.3 Å². The summed E-state index contributed by atoms with van der Waals surface area (Å²) in [6.07, 6.45) is 2.07. The normalized spacial score (nSPS) is 11.9. The molecule has 1 atom stereocenters. The van der Waals surface area contributed by atoms with Crippen LogP contribution in [0.15, 0.2) is 54.6 Å². The van der Waals surface area contributed by atoms with Crippen LogP contribution in [0.1, 0.15) is 23.6 Å². The molecule has 2 aromatic carbocycles. The quantitative estimate of drug-likeness (QED) is 0.855. The molecule has 1 unspecified atom stereocenters. The fourth-order valence-corrected chi connectivity index (χ4v) is 2.11. The zero-order valence-corrected chi connectivity index (χ0v) is 12.4. The second-order valence-electron chi connectivity index (χ2n) is 5.31. The summed E-state index contributed by atoms with van der Waals surface area (Å²) < 4.78 is 0. The lowest BCUT2D eigenvalue weighted by Crippen LogP contribution is -2.37. The van der Waals surface area contributed by atoms with Crippen molar-refractivity contribution in [2.24, 2.45) is 5.73 Å². The molecule has 3 nitrogen and oxygen atoms in total. The topological polar surface area (TPSA) is 55.1 Å². The van der Waals surface area contributed by atoms with Gasteiger partial charge in [-0.25, -0.2) is 0 Å². The van der Waals surface area contributed by atoms with Gasteiger partial charge in [-0.1, -0.05) is 54.6 Å². The zero-order chi connectivity index (χ0) is 15.1. The van der Waals surface area contributed by atoms with Gasteiger partial charge in [0, 0.05) is 6.54 Å². The molecule has 0 bridgehead atoms. The number of aryl methyl sites for hydroxylation is 2. The van der Waals surface area contributed by atoms with E-state index in [4.69, 9.17) is 5.73 Å². The van der Waals surface area contributed by atoms with Gasteiger partial charge < -0.3 is 11.1 Å².